The van der Waals surface area contributed by atoms with Gasteiger partial charge >= 0.3 is 5.69 Å². The van der Waals surface area contributed by atoms with E-state index in [0.717, 1.165) is 12.3 Å². The Morgan fingerprint density at radius 2 is 2.14 bits per heavy atom. The van der Waals surface area contributed by atoms with Crippen LogP contribution < -0.4 is 22.0 Å². The van der Waals surface area contributed by atoms with Gasteiger partial charge in [0, 0.05) is 6.07 Å². The normalized spacial score (nSPS) is 10.5. The Morgan fingerprint density at radius 1 is 1.32 bits per heavy atom. The van der Waals surface area contributed by atoms with Crippen molar-refractivity contribution in [3.8, 4) is 0 Å². The summed E-state index contributed by atoms with van der Waals surface area (Å²) < 4.78 is 4.85. The van der Waals surface area contributed by atoms with Gasteiger partial charge in [0.2, 0.25) is 0 Å². The van der Waals surface area contributed by atoms with Gasteiger partial charge in [0.15, 0.2) is 5.76 Å². The summed E-state index contributed by atoms with van der Waals surface area (Å²) in [4.78, 5) is 49.2. The Balaban J connectivity index is 1.82. The molecule has 0 aromatic carbocycles. The monoisotopic (exact) mass is 305 g/mol. The Kier molecular flexibility index (Phi) is 4.65. The summed E-state index contributed by atoms with van der Waals surface area (Å²) in [5.41, 5.74) is 0.957. The molecule has 114 valence electrons. The van der Waals surface area contributed by atoms with Gasteiger partial charge in [-0.1, -0.05) is 0 Å². The molecule has 0 saturated carbocycles. The van der Waals surface area contributed by atoms with Crippen molar-refractivity contribution in [3.05, 3.63) is 56.8 Å². The first-order valence-electron chi connectivity index (χ1n) is 6.02. The third-order valence-electron chi connectivity index (χ3n) is 2.33. The smallest absolute Gasteiger partial charge is 0.326 e. The van der Waals surface area contributed by atoms with Crippen molar-refractivity contribution in [1.29, 1.82) is 0 Å². The molecule has 0 aliphatic heterocycles. The van der Waals surface area contributed by atoms with Crippen LogP contribution in [-0.4, -0.2) is 34.5 Å². The van der Waals surface area contributed by atoms with Gasteiger partial charge in [-0.05, 0) is 12.1 Å². The van der Waals surface area contributed by atoms with Crippen LogP contribution in [0.5, 0.6) is 0 Å². The topological polar surface area (TPSA) is 149 Å². The average molecular weight is 305 g/mol. The summed E-state index contributed by atoms with van der Waals surface area (Å²) in [6.07, 6.45) is 2.42. The summed E-state index contributed by atoms with van der Waals surface area (Å²) in [7, 11) is 0. The maximum Gasteiger partial charge on any atom is 0.326 e. The molecule has 0 radical (unpaired) electrons. The first-order chi connectivity index (χ1) is 10.5. The highest BCUT2D eigenvalue weighted by Crippen LogP contribution is 1.98. The zero-order valence-electron chi connectivity index (χ0n) is 11.1. The molecule has 0 fully saturated rings. The van der Waals surface area contributed by atoms with E-state index in [4.69, 9.17) is 4.42 Å². The Hall–Kier alpha value is -3.43. The molecule has 2 heterocycles. The number of nitrogens with one attached hydrogen (secondary N) is 4. The molecule has 2 amide bonds. The van der Waals surface area contributed by atoms with Crippen LogP contribution >= 0.6 is 0 Å². The van der Waals surface area contributed by atoms with E-state index in [-0.39, 0.29) is 18.0 Å². The Labute approximate surface area is 122 Å². The van der Waals surface area contributed by atoms with Gasteiger partial charge in [-0.25, -0.2) is 10.2 Å². The Bertz CT molecular complexity index is 774. The fraction of sp³-hybridized carbons (Fsp3) is 0.0833. The zero-order chi connectivity index (χ0) is 15.9. The summed E-state index contributed by atoms with van der Waals surface area (Å²) in [6, 6.07) is 4.09. The number of amides is 2. The van der Waals surface area contributed by atoms with Crippen molar-refractivity contribution in [2.75, 3.05) is 6.54 Å². The number of carbonyl (C=O) groups is 2. The van der Waals surface area contributed by atoms with E-state index in [1.807, 2.05) is 4.98 Å². The van der Waals surface area contributed by atoms with Crippen molar-refractivity contribution in [3.63, 3.8) is 0 Å². The highest BCUT2D eigenvalue weighted by molar-refractivity contribution is 5.94. The number of aromatic nitrogens is 2. The quantitative estimate of drug-likeness (QED) is 0.393. The first-order valence-corrected chi connectivity index (χ1v) is 6.02. The maximum absolute atomic E-state index is 11.5. The first kappa shape index (κ1) is 15.0. The van der Waals surface area contributed by atoms with Gasteiger partial charge in [-0.3, -0.25) is 19.4 Å². The molecule has 0 atom stereocenters. The van der Waals surface area contributed by atoms with Gasteiger partial charge in [0.05, 0.1) is 24.7 Å². The van der Waals surface area contributed by atoms with Gasteiger partial charge in [0.25, 0.3) is 17.4 Å². The molecule has 0 saturated heterocycles. The predicted molar refractivity (Wildman–Crippen MR) is 74.5 cm³/mol. The number of hydrazone groups is 1. The van der Waals surface area contributed by atoms with Gasteiger partial charge in [0.1, 0.15) is 0 Å². The molecule has 2 aromatic heterocycles. The highest BCUT2D eigenvalue weighted by Gasteiger charge is 2.09. The third kappa shape index (κ3) is 4.30. The Morgan fingerprint density at radius 3 is 2.82 bits per heavy atom. The van der Waals surface area contributed by atoms with Crippen molar-refractivity contribution in [2.24, 2.45) is 5.10 Å². The van der Waals surface area contributed by atoms with Crippen LogP contribution in [0.1, 0.15) is 16.2 Å². The third-order valence-corrected chi connectivity index (χ3v) is 2.33. The zero-order valence-corrected chi connectivity index (χ0v) is 11.1. The van der Waals surface area contributed by atoms with E-state index < -0.39 is 23.1 Å². The van der Waals surface area contributed by atoms with E-state index in [2.05, 4.69) is 20.8 Å². The van der Waals surface area contributed by atoms with Gasteiger partial charge < -0.3 is 14.7 Å². The predicted octanol–water partition coefficient (Wildman–Crippen LogP) is -1.46. The van der Waals surface area contributed by atoms with Crippen LogP contribution in [0.2, 0.25) is 0 Å². The van der Waals surface area contributed by atoms with Crippen LogP contribution in [0.25, 0.3) is 0 Å². The molecule has 10 nitrogen and oxygen atoms in total. The number of carbonyl (C=O) groups excluding carboxylic acids is 2. The maximum atomic E-state index is 11.5. The summed E-state index contributed by atoms with van der Waals surface area (Å²) in [6.45, 7) is -0.317. The molecule has 2 aromatic rings. The minimum absolute atomic E-state index is 0.0809. The standard InChI is InChI=1S/C12H11N5O5/c18-9-4-7(15-12(21)16-9)5-14-17-10(19)6-13-11(20)8-2-1-3-22-8/h1-5H,6H2,(H,13,20)(H,17,19)(H2,15,16,18,21)/b14-5-. The van der Waals surface area contributed by atoms with Crippen LogP contribution in [0.15, 0.2) is 43.6 Å². The second-order valence-corrected chi connectivity index (χ2v) is 4.00. The number of aromatic amines is 2. The minimum atomic E-state index is -0.689. The lowest BCUT2D eigenvalue weighted by Gasteiger charge is -2.01. The number of rotatable bonds is 5. The molecular formula is C12H11N5O5. The molecule has 0 unspecified atom stereocenters. The molecule has 10 heteroatoms. The fourth-order valence-electron chi connectivity index (χ4n) is 1.43. The molecule has 22 heavy (non-hydrogen) atoms. The van der Waals surface area contributed by atoms with Crippen LogP contribution in [-0.2, 0) is 4.79 Å². The second-order valence-electron chi connectivity index (χ2n) is 4.00. The van der Waals surface area contributed by atoms with Crippen molar-refractivity contribution >= 4 is 18.0 Å². The van der Waals surface area contributed by atoms with Crippen LogP contribution in [0, 0.1) is 0 Å². The second kappa shape index (κ2) is 6.83. The highest BCUT2D eigenvalue weighted by atomic mass is 16.3. The van der Waals surface area contributed by atoms with E-state index in [9.17, 15) is 19.2 Å². The van der Waals surface area contributed by atoms with E-state index in [0.29, 0.717) is 0 Å². The van der Waals surface area contributed by atoms with E-state index in [1.54, 1.807) is 6.07 Å². The van der Waals surface area contributed by atoms with Crippen molar-refractivity contribution in [1.82, 2.24) is 20.7 Å². The minimum Gasteiger partial charge on any atom is -0.459 e. The van der Waals surface area contributed by atoms with E-state index in [1.165, 1.54) is 12.3 Å². The SMILES string of the molecule is O=C(CNC(=O)c1ccco1)N/N=C\c1cc(=O)[nH]c(=O)[nH]1. The molecule has 0 spiro atoms. The van der Waals surface area contributed by atoms with Crippen molar-refractivity contribution in [2.45, 2.75) is 0 Å². The van der Waals surface area contributed by atoms with Gasteiger partial charge in [-0.15, -0.1) is 0 Å². The number of H-pyrrole nitrogens is 2. The molecular weight excluding hydrogens is 294 g/mol. The van der Waals surface area contributed by atoms with Gasteiger partial charge in [-0.2, -0.15) is 5.10 Å². The summed E-state index contributed by atoms with van der Waals surface area (Å²) in [5, 5.41) is 5.86. The number of furan rings is 1. The number of nitrogens with zero attached hydrogens (tertiary/aromatic N) is 1. The number of hydrogen-bond donors (Lipinski definition) is 4. The van der Waals surface area contributed by atoms with E-state index >= 15 is 0 Å². The molecule has 0 aliphatic carbocycles. The largest absolute Gasteiger partial charge is 0.459 e. The molecule has 0 aliphatic rings. The molecule has 0 bridgehead atoms. The fourth-order valence-corrected chi connectivity index (χ4v) is 1.43. The molecule has 2 rings (SSSR count). The summed E-state index contributed by atoms with van der Waals surface area (Å²) >= 11 is 0. The number of hydrogen-bond acceptors (Lipinski definition) is 6. The average Bonchev–Trinajstić information content (AvgIpc) is 2.98. The molecule has 4 N–H and O–H groups in total. The lowest BCUT2D eigenvalue weighted by atomic mass is 10.4. The summed E-state index contributed by atoms with van der Waals surface area (Å²) in [5.74, 6) is -1.05. The van der Waals surface area contributed by atoms with Crippen LogP contribution in [0.4, 0.5) is 0 Å². The van der Waals surface area contributed by atoms with Crippen molar-refractivity contribution < 1.29 is 14.0 Å². The van der Waals surface area contributed by atoms with Crippen LogP contribution in [0.3, 0.4) is 0 Å². The lowest BCUT2D eigenvalue weighted by molar-refractivity contribution is -0.120. The lowest BCUT2D eigenvalue weighted by Crippen LogP contribution is -2.34.